The van der Waals surface area contributed by atoms with E-state index < -0.39 is 11.7 Å². The summed E-state index contributed by atoms with van der Waals surface area (Å²) in [5.41, 5.74) is 1.21. The molecule has 3 aliphatic rings. The number of amides is 1. The molecule has 1 amide bonds. The minimum Gasteiger partial charge on any atom is -0.497 e. The van der Waals surface area contributed by atoms with Crippen molar-refractivity contribution in [2.24, 2.45) is 11.8 Å². The molecule has 2 saturated heterocycles. The summed E-state index contributed by atoms with van der Waals surface area (Å²) in [6, 6.07) is 13.8. The number of methoxy groups -OCH3 is 1. The molecule has 5 rings (SSSR count). The van der Waals surface area contributed by atoms with Crippen molar-refractivity contribution in [2.75, 3.05) is 57.8 Å². The van der Waals surface area contributed by atoms with Crippen LogP contribution < -0.4 is 9.64 Å². The highest BCUT2D eigenvalue weighted by Gasteiger charge is 2.40. The second-order valence-corrected chi connectivity index (χ2v) is 10.7. The highest BCUT2D eigenvalue weighted by Crippen LogP contribution is 2.39. The van der Waals surface area contributed by atoms with E-state index in [1.807, 2.05) is 23.1 Å². The molecule has 0 aromatic heterocycles. The number of rotatable bonds is 6. The first-order valence-corrected chi connectivity index (χ1v) is 13.4. The maximum absolute atomic E-state index is 13.5. The van der Waals surface area contributed by atoms with Crippen LogP contribution in [0.1, 0.15) is 42.7 Å². The monoisotopic (exact) mass is 515 g/mol. The van der Waals surface area contributed by atoms with Crippen LogP contribution in [0.15, 0.2) is 48.5 Å². The normalized spacial score (nSPS) is 23.6. The Labute approximate surface area is 217 Å². The van der Waals surface area contributed by atoms with E-state index in [1.54, 1.807) is 13.2 Å². The molecule has 0 bridgehead atoms. The highest BCUT2D eigenvalue weighted by molar-refractivity contribution is 5.79. The third-order valence-electron chi connectivity index (χ3n) is 8.38. The fraction of sp³-hybridized carbons (Fsp3) is 0.552. The van der Waals surface area contributed by atoms with E-state index in [4.69, 9.17) is 4.74 Å². The van der Waals surface area contributed by atoms with E-state index in [9.17, 15) is 18.0 Å². The fourth-order valence-electron chi connectivity index (χ4n) is 6.32. The third-order valence-corrected chi connectivity index (χ3v) is 8.38. The molecule has 200 valence electrons. The van der Waals surface area contributed by atoms with E-state index in [0.29, 0.717) is 18.7 Å². The summed E-state index contributed by atoms with van der Waals surface area (Å²) in [6.07, 6.45) is -0.342. The van der Waals surface area contributed by atoms with Gasteiger partial charge < -0.3 is 14.5 Å². The average molecular weight is 516 g/mol. The molecular weight excluding hydrogens is 479 g/mol. The SMILES string of the molecule is COc1cccc(N2CCN(C[C@H]3CN(C(=O)C4CCCC4)C[C@@H]3c3cccc(C(F)(F)F)c3)CC2)c1. The van der Waals surface area contributed by atoms with Gasteiger partial charge in [0.15, 0.2) is 0 Å². The van der Waals surface area contributed by atoms with Gasteiger partial charge in [0.1, 0.15) is 5.75 Å². The van der Waals surface area contributed by atoms with Crippen LogP contribution in [0.4, 0.5) is 18.9 Å². The molecular formula is C29H36F3N3O2. The Hall–Kier alpha value is -2.74. The number of likely N-dealkylation sites (tertiary alicyclic amines) is 1. The van der Waals surface area contributed by atoms with Gasteiger partial charge in [0.25, 0.3) is 0 Å². The Morgan fingerprint density at radius 3 is 2.41 bits per heavy atom. The Kier molecular flexibility index (Phi) is 7.65. The molecule has 0 radical (unpaired) electrons. The zero-order chi connectivity index (χ0) is 26.0. The summed E-state index contributed by atoms with van der Waals surface area (Å²) in [7, 11) is 1.67. The topological polar surface area (TPSA) is 36.0 Å². The number of carbonyl (C=O) groups is 1. The molecule has 2 atom stereocenters. The molecule has 37 heavy (non-hydrogen) atoms. The summed E-state index contributed by atoms with van der Waals surface area (Å²) in [4.78, 5) is 19.9. The molecule has 5 nitrogen and oxygen atoms in total. The van der Waals surface area contributed by atoms with Gasteiger partial charge in [-0.2, -0.15) is 13.2 Å². The molecule has 8 heteroatoms. The zero-order valence-corrected chi connectivity index (χ0v) is 21.4. The van der Waals surface area contributed by atoms with E-state index >= 15 is 0 Å². The largest absolute Gasteiger partial charge is 0.497 e. The van der Waals surface area contributed by atoms with Gasteiger partial charge in [0.05, 0.1) is 12.7 Å². The van der Waals surface area contributed by atoms with Crippen LogP contribution in [0.25, 0.3) is 0 Å². The number of alkyl halides is 3. The van der Waals surface area contributed by atoms with E-state index in [2.05, 4.69) is 15.9 Å². The number of benzene rings is 2. The van der Waals surface area contributed by atoms with Crippen LogP contribution in [-0.2, 0) is 11.0 Å². The molecule has 2 aliphatic heterocycles. The van der Waals surface area contributed by atoms with Crippen LogP contribution in [-0.4, -0.2) is 68.6 Å². The van der Waals surface area contributed by atoms with Gasteiger partial charge in [-0.05, 0) is 42.5 Å². The molecule has 3 fully saturated rings. The molecule has 2 heterocycles. The minimum absolute atomic E-state index is 0.0762. The van der Waals surface area contributed by atoms with Gasteiger partial charge in [0.2, 0.25) is 5.91 Å². The van der Waals surface area contributed by atoms with Crippen molar-refractivity contribution in [3.05, 3.63) is 59.7 Å². The number of anilines is 1. The average Bonchev–Trinajstić information content (AvgIpc) is 3.59. The molecule has 0 N–H and O–H groups in total. The fourth-order valence-corrected chi connectivity index (χ4v) is 6.32. The second kappa shape index (κ2) is 10.9. The quantitative estimate of drug-likeness (QED) is 0.525. The number of nitrogens with zero attached hydrogens (tertiary/aromatic N) is 3. The predicted molar refractivity (Wildman–Crippen MR) is 138 cm³/mol. The van der Waals surface area contributed by atoms with E-state index in [-0.39, 0.29) is 23.7 Å². The lowest BCUT2D eigenvalue weighted by Gasteiger charge is -2.38. The first-order chi connectivity index (χ1) is 17.8. The molecule has 2 aromatic rings. The minimum atomic E-state index is -4.38. The van der Waals surface area contributed by atoms with Crippen molar-refractivity contribution in [1.82, 2.24) is 9.80 Å². The summed E-state index contributed by atoms with van der Waals surface area (Å²) in [5, 5.41) is 0. The lowest BCUT2D eigenvalue weighted by Crippen LogP contribution is -2.48. The van der Waals surface area contributed by atoms with E-state index in [1.165, 1.54) is 12.1 Å². The summed E-state index contributed by atoms with van der Waals surface area (Å²) < 4.78 is 45.8. The summed E-state index contributed by atoms with van der Waals surface area (Å²) >= 11 is 0. The Bertz CT molecular complexity index is 1080. The van der Waals surface area contributed by atoms with Crippen LogP contribution in [0, 0.1) is 11.8 Å². The molecule has 0 spiro atoms. The van der Waals surface area contributed by atoms with Crippen LogP contribution in [0.2, 0.25) is 0 Å². The van der Waals surface area contributed by atoms with Gasteiger partial charge in [-0.15, -0.1) is 0 Å². The number of hydrogen-bond acceptors (Lipinski definition) is 4. The van der Waals surface area contributed by atoms with Crippen molar-refractivity contribution < 1.29 is 22.7 Å². The van der Waals surface area contributed by atoms with E-state index in [0.717, 1.165) is 75.9 Å². The molecule has 1 saturated carbocycles. The smallest absolute Gasteiger partial charge is 0.416 e. The Balaban J connectivity index is 1.29. The van der Waals surface area contributed by atoms with Gasteiger partial charge in [0, 0.05) is 69.4 Å². The maximum Gasteiger partial charge on any atom is 0.416 e. The van der Waals surface area contributed by atoms with Gasteiger partial charge >= 0.3 is 6.18 Å². The molecule has 1 aliphatic carbocycles. The summed E-state index contributed by atoms with van der Waals surface area (Å²) in [6.45, 7) is 5.40. The molecule has 2 aromatic carbocycles. The highest BCUT2D eigenvalue weighted by atomic mass is 19.4. The number of halogens is 3. The van der Waals surface area contributed by atoms with Crippen molar-refractivity contribution >= 4 is 11.6 Å². The van der Waals surface area contributed by atoms with Crippen molar-refractivity contribution in [3.8, 4) is 5.75 Å². The van der Waals surface area contributed by atoms with Gasteiger partial charge in [-0.3, -0.25) is 9.69 Å². The maximum atomic E-state index is 13.5. The Morgan fingerprint density at radius 1 is 0.973 bits per heavy atom. The number of piperazine rings is 1. The standard InChI is InChI=1S/C29H36F3N3O2/c1-37-26-11-5-10-25(17-26)34-14-12-33(13-15-34)18-23-19-35(28(36)21-6-2-3-7-21)20-27(23)22-8-4-9-24(16-22)29(30,31)32/h4-5,8-11,16-17,21,23,27H,2-3,6-7,12-15,18-20H2,1H3/t23-,27+/m0/s1. The van der Waals surface area contributed by atoms with Crippen molar-refractivity contribution in [3.63, 3.8) is 0 Å². The number of carbonyl (C=O) groups excluding carboxylic acids is 1. The Morgan fingerprint density at radius 2 is 1.70 bits per heavy atom. The lowest BCUT2D eigenvalue weighted by molar-refractivity contribution is -0.137. The summed E-state index contributed by atoms with van der Waals surface area (Å²) in [5.74, 6) is 1.12. The van der Waals surface area contributed by atoms with Gasteiger partial charge in [-0.25, -0.2) is 0 Å². The number of ether oxygens (including phenoxy) is 1. The van der Waals surface area contributed by atoms with Crippen molar-refractivity contribution in [1.29, 1.82) is 0 Å². The van der Waals surface area contributed by atoms with Crippen LogP contribution in [0.3, 0.4) is 0 Å². The first kappa shape index (κ1) is 25.9. The van der Waals surface area contributed by atoms with Gasteiger partial charge in [-0.1, -0.05) is 37.1 Å². The first-order valence-electron chi connectivity index (χ1n) is 13.4. The third kappa shape index (κ3) is 5.89. The van der Waals surface area contributed by atoms with Crippen LogP contribution in [0.5, 0.6) is 5.75 Å². The molecule has 0 unspecified atom stereocenters. The second-order valence-electron chi connectivity index (χ2n) is 10.7. The number of hydrogen-bond donors (Lipinski definition) is 0. The van der Waals surface area contributed by atoms with Crippen molar-refractivity contribution in [2.45, 2.75) is 37.8 Å². The van der Waals surface area contributed by atoms with Crippen LogP contribution >= 0.6 is 0 Å². The lowest BCUT2D eigenvalue weighted by atomic mass is 9.87. The predicted octanol–water partition coefficient (Wildman–Crippen LogP) is 5.27. The zero-order valence-electron chi connectivity index (χ0n) is 21.4.